The van der Waals surface area contributed by atoms with Crippen molar-refractivity contribution in [1.82, 2.24) is 0 Å². The number of rotatable bonds is 4. The fraction of sp³-hybridized carbons (Fsp3) is 0.533. The van der Waals surface area contributed by atoms with Crippen LogP contribution in [-0.2, 0) is 11.3 Å². The lowest BCUT2D eigenvalue weighted by Gasteiger charge is -2.26. The normalized spacial score (nSPS) is 23.3. The predicted molar refractivity (Wildman–Crippen MR) is 71.2 cm³/mol. The van der Waals surface area contributed by atoms with E-state index in [4.69, 9.17) is 4.74 Å². The lowest BCUT2D eigenvalue weighted by Crippen LogP contribution is -2.26. The van der Waals surface area contributed by atoms with Crippen molar-refractivity contribution in [2.24, 2.45) is 0 Å². The van der Waals surface area contributed by atoms with Gasteiger partial charge >= 0.3 is 5.97 Å². The van der Waals surface area contributed by atoms with E-state index >= 15 is 0 Å². The van der Waals surface area contributed by atoms with Crippen LogP contribution in [0.3, 0.4) is 0 Å². The smallest absolute Gasteiger partial charge is 0.336 e. The number of hydrogen-bond donors (Lipinski definition) is 2. The van der Waals surface area contributed by atoms with Gasteiger partial charge in [-0.3, -0.25) is 0 Å². The van der Waals surface area contributed by atoms with E-state index in [2.05, 4.69) is 0 Å². The predicted octanol–water partition coefficient (Wildman–Crippen LogP) is 2.51. The molecule has 4 nitrogen and oxygen atoms in total. The molecule has 2 rings (SSSR count). The Morgan fingerprint density at radius 3 is 2.89 bits per heavy atom. The Bertz CT molecular complexity index is 455. The van der Waals surface area contributed by atoms with E-state index < -0.39 is 5.97 Å². The summed E-state index contributed by atoms with van der Waals surface area (Å²) in [6.07, 6.45) is 3.14. The largest absolute Gasteiger partial charge is 0.478 e. The van der Waals surface area contributed by atoms with E-state index in [9.17, 15) is 15.0 Å². The molecule has 2 N–H and O–H groups in total. The number of aromatic carboxylic acids is 1. The molecule has 2 atom stereocenters. The van der Waals surface area contributed by atoms with Crippen LogP contribution >= 0.6 is 0 Å². The van der Waals surface area contributed by atoms with E-state index in [0.717, 1.165) is 24.8 Å². The van der Waals surface area contributed by atoms with Gasteiger partial charge in [-0.05, 0) is 43.7 Å². The summed E-state index contributed by atoms with van der Waals surface area (Å²) in [6.45, 7) is 2.08. The number of aliphatic hydroxyl groups is 1. The van der Waals surface area contributed by atoms with Crippen LogP contribution in [0.2, 0.25) is 0 Å². The maximum absolute atomic E-state index is 11.3. The van der Waals surface area contributed by atoms with Crippen molar-refractivity contribution in [1.29, 1.82) is 0 Å². The second-order valence-corrected chi connectivity index (χ2v) is 5.17. The molecule has 1 aromatic carbocycles. The standard InChI is InChI=1S/C15H20O4/c1-10-4-2-5-11(14(10)15(17)18)9-19-13-7-3-6-12(16)8-13/h2,4-5,12-13,16H,3,6-9H2,1H3,(H,17,18). The zero-order valence-corrected chi connectivity index (χ0v) is 11.1. The highest BCUT2D eigenvalue weighted by atomic mass is 16.5. The SMILES string of the molecule is Cc1cccc(COC2CCCC(O)C2)c1C(=O)O. The zero-order chi connectivity index (χ0) is 13.8. The molecule has 0 bridgehead atoms. The molecule has 0 amide bonds. The molecule has 4 heteroatoms. The molecule has 2 unspecified atom stereocenters. The molecule has 1 saturated carbocycles. The van der Waals surface area contributed by atoms with Crippen LogP contribution in [0.25, 0.3) is 0 Å². The van der Waals surface area contributed by atoms with Crippen LogP contribution in [0.15, 0.2) is 18.2 Å². The van der Waals surface area contributed by atoms with Crippen LogP contribution in [0, 0.1) is 6.92 Å². The van der Waals surface area contributed by atoms with Gasteiger partial charge in [-0.2, -0.15) is 0 Å². The summed E-state index contributed by atoms with van der Waals surface area (Å²) in [5.41, 5.74) is 1.78. The average molecular weight is 264 g/mol. The van der Waals surface area contributed by atoms with Crippen LogP contribution in [-0.4, -0.2) is 28.4 Å². The van der Waals surface area contributed by atoms with E-state index in [1.54, 1.807) is 19.1 Å². The molecule has 1 aromatic rings. The van der Waals surface area contributed by atoms with E-state index in [-0.39, 0.29) is 12.2 Å². The summed E-state index contributed by atoms with van der Waals surface area (Å²) < 4.78 is 5.76. The van der Waals surface area contributed by atoms with Crippen LogP contribution in [0.4, 0.5) is 0 Å². The minimum absolute atomic E-state index is 0.0332. The fourth-order valence-electron chi connectivity index (χ4n) is 2.63. The molecular formula is C15H20O4. The molecule has 19 heavy (non-hydrogen) atoms. The maximum Gasteiger partial charge on any atom is 0.336 e. The highest BCUT2D eigenvalue weighted by Crippen LogP contribution is 2.23. The van der Waals surface area contributed by atoms with Gasteiger partial charge in [-0.15, -0.1) is 0 Å². The molecular weight excluding hydrogens is 244 g/mol. The molecule has 1 fully saturated rings. The highest BCUT2D eigenvalue weighted by molar-refractivity contribution is 5.91. The monoisotopic (exact) mass is 264 g/mol. The van der Waals surface area contributed by atoms with Crippen LogP contribution < -0.4 is 0 Å². The van der Waals surface area contributed by atoms with Gasteiger partial charge in [0.15, 0.2) is 0 Å². The molecule has 0 saturated heterocycles. The molecule has 1 aliphatic carbocycles. The molecule has 104 valence electrons. The van der Waals surface area contributed by atoms with Gasteiger partial charge in [0.25, 0.3) is 0 Å². The second kappa shape index (κ2) is 6.17. The van der Waals surface area contributed by atoms with Crippen molar-refractivity contribution >= 4 is 5.97 Å². The quantitative estimate of drug-likeness (QED) is 0.877. The summed E-state index contributed by atoms with van der Waals surface area (Å²) in [7, 11) is 0. The van der Waals surface area contributed by atoms with Crippen molar-refractivity contribution < 1.29 is 19.7 Å². The Hall–Kier alpha value is -1.39. The lowest BCUT2D eigenvalue weighted by atomic mass is 9.95. The molecule has 0 aromatic heterocycles. The Kier molecular flexibility index (Phi) is 4.56. The molecule has 0 radical (unpaired) electrons. The average Bonchev–Trinajstić information content (AvgIpc) is 2.36. The number of ether oxygens (including phenoxy) is 1. The van der Waals surface area contributed by atoms with Gasteiger partial charge in [0.1, 0.15) is 0 Å². The van der Waals surface area contributed by atoms with E-state index in [1.807, 2.05) is 6.07 Å². The number of hydrogen-bond acceptors (Lipinski definition) is 3. The van der Waals surface area contributed by atoms with Crippen molar-refractivity contribution in [3.05, 3.63) is 34.9 Å². The summed E-state index contributed by atoms with van der Waals surface area (Å²) >= 11 is 0. The Morgan fingerprint density at radius 2 is 2.21 bits per heavy atom. The third-order valence-corrected chi connectivity index (χ3v) is 3.65. The van der Waals surface area contributed by atoms with Crippen molar-refractivity contribution in [3.63, 3.8) is 0 Å². The Labute approximate surface area is 113 Å². The van der Waals surface area contributed by atoms with Gasteiger partial charge in [-0.25, -0.2) is 4.79 Å². The van der Waals surface area contributed by atoms with Gasteiger partial charge < -0.3 is 14.9 Å². The Morgan fingerprint density at radius 1 is 1.42 bits per heavy atom. The number of carboxylic acids is 1. The summed E-state index contributed by atoms with van der Waals surface area (Å²) in [5.74, 6) is -0.916. The van der Waals surface area contributed by atoms with E-state index in [0.29, 0.717) is 24.2 Å². The molecule has 0 aliphatic heterocycles. The van der Waals surface area contributed by atoms with Crippen molar-refractivity contribution in [2.75, 3.05) is 0 Å². The van der Waals surface area contributed by atoms with Gasteiger partial charge in [0.05, 0.1) is 24.4 Å². The molecule has 1 aliphatic rings. The van der Waals surface area contributed by atoms with Gasteiger partial charge in [0, 0.05) is 0 Å². The highest BCUT2D eigenvalue weighted by Gasteiger charge is 2.21. The van der Waals surface area contributed by atoms with E-state index in [1.165, 1.54) is 0 Å². The minimum atomic E-state index is -0.916. The number of aliphatic hydroxyl groups excluding tert-OH is 1. The number of benzene rings is 1. The maximum atomic E-state index is 11.3. The minimum Gasteiger partial charge on any atom is -0.478 e. The summed E-state index contributed by atoms with van der Waals surface area (Å²) in [4.78, 5) is 11.3. The van der Waals surface area contributed by atoms with Crippen LogP contribution in [0.1, 0.15) is 47.2 Å². The first kappa shape index (κ1) is 14.0. The molecule has 0 spiro atoms. The second-order valence-electron chi connectivity index (χ2n) is 5.17. The summed E-state index contributed by atoms with van der Waals surface area (Å²) in [6, 6.07) is 5.42. The van der Waals surface area contributed by atoms with Gasteiger partial charge in [0.2, 0.25) is 0 Å². The fourth-order valence-corrected chi connectivity index (χ4v) is 2.63. The first-order valence-corrected chi connectivity index (χ1v) is 6.69. The number of carboxylic acid groups (broad SMARTS) is 1. The topological polar surface area (TPSA) is 66.8 Å². The summed E-state index contributed by atoms with van der Waals surface area (Å²) in [5, 5.41) is 18.8. The third-order valence-electron chi connectivity index (χ3n) is 3.65. The first-order valence-electron chi connectivity index (χ1n) is 6.69. The van der Waals surface area contributed by atoms with Crippen molar-refractivity contribution in [3.8, 4) is 0 Å². The molecule has 0 heterocycles. The first-order chi connectivity index (χ1) is 9.08. The van der Waals surface area contributed by atoms with Gasteiger partial charge in [-0.1, -0.05) is 18.2 Å². The zero-order valence-electron chi connectivity index (χ0n) is 11.1. The number of carbonyl (C=O) groups is 1. The lowest BCUT2D eigenvalue weighted by molar-refractivity contribution is -0.0231. The third kappa shape index (κ3) is 3.55. The van der Waals surface area contributed by atoms with Crippen molar-refractivity contribution in [2.45, 2.75) is 51.4 Å². The van der Waals surface area contributed by atoms with Crippen LogP contribution in [0.5, 0.6) is 0 Å². The number of aryl methyl sites for hydroxylation is 1. The Balaban J connectivity index is 2.03.